The van der Waals surface area contributed by atoms with Gasteiger partial charge in [-0.1, -0.05) is 60.7 Å². The maximum Gasteiger partial charge on any atom is 0.310 e. The Hall–Kier alpha value is -3.58. The summed E-state index contributed by atoms with van der Waals surface area (Å²) in [7, 11) is 0. The molecule has 1 heterocycles. The second-order valence-electron chi connectivity index (χ2n) is 9.12. The van der Waals surface area contributed by atoms with Gasteiger partial charge in [-0.25, -0.2) is 0 Å². The Morgan fingerprint density at radius 2 is 1.13 bits per heavy atom. The molecule has 0 aliphatic heterocycles. The summed E-state index contributed by atoms with van der Waals surface area (Å²) in [5, 5.41) is 61.7. The number of aliphatic hydroxyl groups excluding tert-OH is 6. The predicted octanol–water partition coefficient (Wildman–Crippen LogP) is -0.0252. The summed E-state index contributed by atoms with van der Waals surface area (Å²) >= 11 is 0. The van der Waals surface area contributed by atoms with Gasteiger partial charge in [-0.3, -0.25) is 19.6 Å². The first-order valence-corrected chi connectivity index (χ1v) is 12.3. The van der Waals surface area contributed by atoms with Gasteiger partial charge in [0.05, 0.1) is 36.3 Å². The van der Waals surface area contributed by atoms with E-state index < -0.39 is 55.6 Å². The number of benzene rings is 2. The van der Waals surface area contributed by atoms with Gasteiger partial charge in [0.1, 0.15) is 42.9 Å². The van der Waals surface area contributed by atoms with Gasteiger partial charge in [0.15, 0.2) is 0 Å². The molecule has 0 bridgehead atoms. The van der Waals surface area contributed by atoms with E-state index in [1.54, 1.807) is 54.6 Å². The fraction of sp³-hybridized carbons (Fsp3) is 0.357. The number of ketones is 1. The average molecular weight is 541 g/mol. The van der Waals surface area contributed by atoms with Crippen LogP contribution in [-0.2, 0) is 27.2 Å². The molecule has 39 heavy (non-hydrogen) atoms. The second kappa shape index (κ2) is 14.5. The SMILES string of the molecule is O=C(Cc1ccccc1)CC(O)C(O)C(O)c1cnc(C(O)C(O)C(O)COC(=O)Cc2ccccc2)cn1. The molecule has 0 saturated heterocycles. The van der Waals surface area contributed by atoms with Crippen molar-refractivity contribution in [3.05, 3.63) is 95.6 Å². The molecule has 6 unspecified atom stereocenters. The third-order valence-corrected chi connectivity index (χ3v) is 6.02. The van der Waals surface area contributed by atoms with Crippen molar-refractivity contribution in [3.63, 3.8) is 0 Å². The summed E-state index contributed by atoms with van der Waals surface area (Å²) in [5.74, 6) is -0.953. The minimum atomic E-state index is -1.78. The van der Waals surface area contributed by atoms with Gasteiger partial charge < -0.3 is 35.4 Å². The maximum atomic E-state index is 12.2. The van der Waals surface area contributed by atoms with Gasteiger partial charge in [-0.05, 0) is 11.1 Å². The van der Waals surface area contributed by atoms with E-state index in [1.807, 2.05) is 6.07 Å². The summed E-state index contributed by atoms with van der Waals surface area (Å²) < 4.78 is 4.97. The molecule has 208 valence electrons. The molecule has 11 nitrogen and oxygen atoms in total. The molecule has 3 rings (SSSR count). The van der Waals surface area contributed by atoms with Crippen LogP contribution in [0.3, 0.4) is 0 Å². The molecule has 6 N–H and O–H groups in total. The van der Waals surface area contributed by atoms with Crippen molar-refractivity contribution in [1.82, 2.24) is 9.97 Å². The molecule has 6 atom stereocenters. The van der Waals surface area contributed by atoms with Crippen molar-refractivity contribution in [1.29, 1.82) is 0 Å². The van der Waals surface area contributed by atoms with Crippen molar-refractivity contribution in [3.8, 4) is 0 Å². The average Bonchev–Trinajstić information content (AvgIpc) is 2.95. The Morgan fingerprint density at radius 3 is 1.62 bits per heavy atom. The zero-order valence-electron chi connectivity index (χ0n) is 21.0. The minimum Gasteiger partial charge on any atom is -0.463 e. The Kier molecular flexibility index (Phi) is 11.2. The number of Topliss-reactive ketones (excluding diaryl/α,β-unsaturated/α-hetero) is 1. The lowest BCUT2D eigenvalue weighted by molar-refractivity contribution is -0.151. The number of aliphatic hydroxyl groups is 6. The fourth-order valence-corrected chi connectivity index (χ4v) is 3.76. The van der Waals surface area contributed by atoms with Gasteiger partial charge in [0, 0.05) is 12.8 Å². The first-order valence-electron chi connectivity index (χ1n) is 12.3. The molecule has 11 heteroatoms. The normalized spacial score (nSPS) is 15.9. The molecular weight excluding hydrogens is 508 g/mol. The highest BCUT2D eigenvalue weighted by Crippen LogP contribution is 2.22. The lowest BCUT2D eigenvalue weighted by Gasteiger charge is -2.24. The second-order valence-corrected chi connectivity index (χ2v) is 9.12. The van der Waals surface area contributed by atoms with Crippen LogP contribution < -0.4 is 0 Å². The highest BCUT2D eigenvalue weighted by atomic mass is 16.5. The van der Waals surface area contributed by atoms with Crippen LogP contribution in [0.2, 0.25) is 0 Å². The number of nitrogens with zero attached hydrogens (tertiary/aromatic N) is 2. The summed E-state index contributed by atoms with van der Waals surface area (Å²) in [6.07, 6.45) is -8.43. The van der Waals surface area contributed by atoms with Gasteiger partial charge in [-0.15, -0.1) is 0 Å². The van der Waals surface area contributed by atoms with E-state index >= 15 is 0 Å². The number of carbonyl (C=O) groups excluding carboxylic acids is 2. The zero-order chi connectivity index (χ0) is 28.4. The van der Waals surface area contributed by atoms with Crippen LogP contribution in [0.25, 0.3) is 0 Å². The van der Waals surface area contributed by atoms with E-state index in [0.717, 1.165) is 18.0 Å². The van der Waals surface area contributed by atoms with E-state index in [2.05, 4.69) is 9.97 Å². The summed E-state index contributed by atoms with van der Waals surface area (Å²) in [5.41, 5.74) is 1.15. The first kappa shape index (κ1) is 30.0. The fourth-order valence-electron chi connectivity index (χ4n) is 3.76. The van der Waals surface area contributed by atoms with Crippen LogP contribution in [0.5, 0.6) is 0 Å². The molecule has 0 aliphatic carbocycles. The van der Waals surface area contributed by atoms with Crippen LogP contribution in [0.1, 0.15) is 41.1 Å². The van der Waals surface area contributed by atoms with E-state index in [4.69, 9.17) is 4.74 Å². The summed E-state index contributed by atoms with van der Waals surface area (Å²) in [4.78, 5) is 32.0. The molecule has 0 saturated carbocycles. The number of carbonyl (C=O) groups is 2. The van der Waals surface area contributed by atoms with E-state index in [1.165, 1.54) is 0 Å². The molecule has 0 aliphatic rings. The lowest BCUT2D eigenvalue weighted by atomic mass is 9.98. The van der Waals surface area contributed by atoms with Crippen molar-refractivity contribution >= 4 is 11.8 Å². The van der Waals surface area contributed by atoms with Crippen molar-refractivity contribution in [2.75, 3.05) is 6.61 Å². The molecule has 2 aromatic carbocycles. The van der Waals surface area contributed by atoms with Crippen LogP contribution >= 0.6 is 0 Å². The Labute approximate surface area is 225 Å². The monoisotopic (exact) mass is 540 g/mol. The van der Waals surface area contributed by atoms with E-state index in [0.29, 0.717) is 5.56 Å². The largest absolute Gasteiger partial charge is 0.463 e. The van der Waals surface area contributed by atoms with Crippen LogP contribution in [0.4, 0.5) is 0 Å². The Morgan fingerprint density at radius 1 is 0.667 bits per heavy atom. The molecular formula is C28H32N2O9. The number of rotatable bonds is 14. The third kappa shape index (κ3) is 8.99. The molecule has 3 aromatic rings. The van der Waals surface area contributed by atoms with Gasteiger partial charge >= 0.3 is 5.97 Å². The van der Waals surface area contributed by atoms with E-state index in [9.17, 15) is 40.2 Å². The highest BCUT2D eigenvalue weighted by molar-refractivity contribution is 5.81. The first-order chi connectivity index (χ1) is 18.7. The number of hydrogen-bond acceptors (Lipinski definition) is 11. The maximum absolute atomic E-state index is 12.2. The third-order valence-electron chi connectivity index (χ3n) is 6.02. The smallest absolute Gasteiger partial charge is 0.310 e. The standard InChI is InChI=1S/C28H32N2O9/c31-19(11-17-7-3-1-4-8-17)13-22(32)27(37)25(35)20-14-30-21(15-29-20)26(36)28(38)23(33)16-39-24(34)12-18-9-5-2-6-10-18/h1-10,14-15,22-23,25-28,32-33,35-38H,11-13,16H2. The van der Waals surface area contributed by atoms with Crippen LogP contribution in [0, 0.1) is 0 Å². The number of aromatic nitrogens is 2. The van der Waals surface area contributed by atoms with Crippen molar-refractivity contribution in [2.24, 2.45) is 0 Å². The molecule has 0 spiro atoms. The predicted molar refractivity (Wildman–Crippen MR) is 137 cm³/mol. The number of ether oxygens (including phenoxy) is 1. The topological polar surface area (TPSA) is 191 Å². The molecule has 0 radical (unpaired) electrons. The van der Waals surface area contributed by atoms with Gasteiger partial charge in [0.2, 0.25) is 0 Å². The Bertz CT molecular complexity index is 1180. The quantitative estimate of drug-likeness (QED) is 0.151. The summed E-state index contributed by atoms with van der Waals surface area (Å²) in [6.45, 7) is -0.568. The molecule has 0 amide bonds. The van der Waals surface area contributed by atoms with E-state index in [-0.39, 0.29) is 30.0 Å². The molecule has 0 fully saturated rings. The number of hydrogen-bond donors (Lipinski definition) is 6. The summed E-state index contributed by atoms with van der Waals surface area (Å²) in [6, 6.07) is 17.7. The van der Waals surface area contributed by atoms with Crippen LogP contribution in [-0.4, -0.2) is 83.4 Å². The Balaban J connectivity index is 1.49. The van der Waals surface area contributed by atoms with Gasteiger partial charge in [0.25, 0.3) is 0 Å². The minimum absolute atomic E-state index is 0.0246. The van der Waals surface area contributed by atoms with Crippen LogP contribution in [0.15, 0.2) is 73.1 Å². The lowest BCUT2D eigenvalue weighted by Crippen LogP contribution is -2.37. The van der Waals surface area contributed by atoms with Gasteiger partial charge in [-0.2, -0.15) is 0 Å². The zero-order valence-corrected chi connectivity index (χ0v) is 21.0. The van der Waals surface area contributed by atoms with Crippen molar-refractivity contribution < 1.29 is 45.0 Å². The molecule has 1 aromatic heterocycles. The number of esters is 1. The van der Waals surface area contributed by atoms with Crippen molar-refractivity contribution in [2.45, 2.75) is 55.9 Å². The highest BCUT2D eigenvalue weighted by Gasteiger charge is 2.31.